The molecule has 3 atom stereocenters. The van der Waals surface area contributed by atoms with Gasteiger partial charge in [0.25, 0.3) is 5.91 Å². The van der Waals surface area contributed by atoms with Gasteiger partial charge >= 0.3 is 0 Å². The SMILES string of the molecule is C[C@@H](CC1CCCC(c2ccc(C(=O)N(C)Cc3ccncc3)cc2)C1)c1cccc2ccccc12. The third-order valence-corrected chi connectivity index (χ3v) is 7.97. The largest absolute Gasteiger partial charge is 0.337 e. The fourth-order valence-electron chi connectivity index (χ4n) is 6.07. The lowest BCUT2D eigenvalue weighted by Gasteiger charge is -2.31. The summed E-state index contributed by atoms with van der Waals surface area (Å²) in [6.07, 6.45) is 9.86. The van der Waals surface area contributed by atoms with Crippen molar-refractivity contribution in [2.75, 3.05) is 7.05 Å². The fourth-order valence-corrected chi connectivity index (χ4v) is 6.07. The minimum Gasteiger partial charge on any atom is -0.337 e. The number of aromatic nitrogens is 1. The van der Waals surface area contributed by atoms with Crippen molar-refractivity contribution in [3.8, 4) is 0 Å². The van der Waals surface area contributed by atoms with Crippen molar-refractivity contribution < 1.29 is 4.79 Å². The van der Waals surface area contributed by atoms with Gasteiger partial charge in [-0.25, -0.2) is 0 Å². The van der Waals surface area contributed by atoms with Gasteiger partial charge in [0, 0.05) is 31.5 Å². The van der Waals surface area contributed by atoms with Crippen molar-refractivity contribution in [3.63, 3.8) is 0 Å². The van der Waals surface area contributed by atoms with E-state index in [9.17, 15) is 4.79 Å². The van der Waals surface area contributed by atoms with Crippen LogP contribution in [-0.4, -0.2) is 22.8 Å². The average Bonchev–Trinajstić information content (AvgIpc) is 2.93. The molecule has 0 N–H and O–H groups in total. The Morgan fingerprint density at radius 2 is 1.69 bits per heavy atom. The van der Waals surface area contributed by atoms with Crippen molar-refractivity contribution in [3.05, 3.63) is 114 Å². The highest BCUT2D eigenvalue weighted by Crippen LogP contribution is 2.41. The second-order valence-corrected chi connectivity index (χ2v) is 10.6. The molecular formula is C33H36N2O. The summed E-state index contributed by atoms with van der Waals surface area (Å²) in [5.41, 5.74) is 4.70. The second kappa shape index (κ2) is 11.1. The monoisotopic (exact) mass is 476 g/mol. The molecule has 0 spiro atoms. The highest BCUT2D eigenvalue weighted by atomic mass is 16.2. The number of nitrogens with zero attached hydrogens (tertiary/aromatic N) is 2. The van der Waals surface area contributed by atoms with Crippen molar-refractivity contribution in [2.24, 2.45) is 5.92 Å². The highest BCUT2D eigenvalue weighted by molar-refractivity contribution is 5.94. The summed E-state index contributed by atoms with van der Waals surface area (Å²) >= 11 is 0. The van der Waals surface area contributed by atoms with Crippen LogP contribution in [-0.2, 0) is 6.54 Å². The second-order valence-electron chi connectivity index (χ2n) is 10.6. The van der Waals surface area contributed by atoms with Gasteiger partial charge in [0.2, 0.25) is 0 Å². The Morgan fingerprint density at radius 3 is 2.50 bits per heavy atom. The molecule has 1 aliphatic rings. The highest BCUT2D eigenvalue weighted by Gasteiger charge is 2.25. The van der Waals surface area contributed by atoms with E-state index in [1.54, 1.807) is 17.3 Å². The molecule has 0 aliphatic heterocycles. The van der Waals surface area contributed by atoms with Crippen LogP contribution in [0.4, 0.5) is 0 Å². The van der Waals surface area contributed by atoms with Gasteiger partial charge in [-0.2, -0.15) is 0 Å². The number of benzene rings is 3. The molecule has 1 aromatic heterocycles. The molecule has 1 amide bonds. The number of fused-ring (bicyclic) bond motifs is 1. The van der Waals surface area contributed by atoms with Crippen LogP contribution in [0.2, 0.25) is 0 Å². The van der Waals surface area contributed by atoms with Gasteiger partial charge in [0.1, 0.15) is 0 Å². The molecule has 0 bridgehead atoms. The standard InChI is InChI=1S/C33H36N2O/c1-24(31-12-6-9-28-8-3-4-11-32(28)31)21-26-7-5-10-30(22-26)27-13-15-29(16-14-27)33(36)35(2)23-25-17-19-34-20-18-25/h3-4,6,8-9,11-20,24,26,30H,5,7,10,21-23H2,1-2H3/t24-,26?,30?/m0/s1. The number of hydrogen-bond donors (Lipinski definition) is 0. The molecule has 3 heteroatoms. The number of amides is 1. The Kier molecular flexibility index (Phi) is 7.46. The van der Waals surface area contributed by atoms with Crippen molar-refractivity contribution in [2.45, 2.75) is 57.4 Å². The first kappa shape index (κ1) is 24.2. The van der Waals surface area contributed by atoms with Crippen LogP contribution in [0.3, 0.4) is 0 Å². The zero-order chi connectivity index (χ0) is 24.9. The van der Waals surface area contributed by atoms with E-state index in [-0.39, 0.29) is 5.91 Å². The van der Waals surface area contributed by atoms with E-state index < -0.39 is 0 Å². The Labute approximate surface area is 215 Å². The zero-order valence-corrected chi connectivity index (χ0v) is 21.4. The Bertz CT molecular complexity index is 1290. The smallest absolute Gasteiger partial charge is 0.253 e. The molecule has 2 unspecified atom stereocenters. The van der Waals surface area contributed by atoms with E-state index in [1.807, 2.05) is 31.3 Å². The van der Waals surface area contributed by atoms with Crippen molar-refractivity contribution >= 4 is 16.7 Å². The Hall–Kier alpha value is -3.46. The minimum atomic E-state index is 0.0591. The van der Waals surface area contributed by atoms with Crippen LogP contribution in [0.1, 0.15) is 77.9 Å². The molecule has 184 valence electrons. The lowest BCUT2D eigenvalue weighted by Crippen LogP contribution is -2.26. The molecule has 0 saturated heterocycles. The molecule has 36 heavy (non-hydrogen) atoms. The predicted molar refractivity (Wildman–Crippen MR) is 148 cm³/mol. The summed E-state index contributed by atoms with van der Waals surface area (Å²) in [6, 6.07) is 27.8. The summed E-state index contributed by atoms with van der Waals surface area (Å²) < 4.78 is 0. The molecular weight excluding hydrogens is 440 g/mol. The maximum absolute atomic E-state index is 12.9. The van der Waals surface area contributed by atoms with E-state index in [4.69, 9.17) is 0 Å². The van der Waals surface area contributed by atoms with Crippen LogP contribution in [0, 0.1) is 5.92 Å². The van der Waals surface area contributed by atoms with Gasteiger partial charge in [-0.3, -0.25) is 9.78 Å². The van der Waals surface area contributed by atoms with Crippen molar-refractivity contribution in [1.82, 2.24) is 9.88 Å². The molecule has 0 radical (unpaired) electrons. The zero-order valence-electron chi connectivity index (χ0n) is 21.4. The molecule has 4 aromatic rings. The molecule has 5 rings (SSSR count). The minimum absolute atomic E-state index is 0.0591. The number of hydrogen-bond acceptors (Lipinski definition) is 2. The maximum atomic E-state index is 12.9. The first-order valence-electron chi connectivity index (χ1n) is 13.3. The first-order valence-corrected chi connectivity index (χ1v) is 13.3. The molecule has 3 aromatic carbocycles. The normalized spacial score (nSPS) is 18.6. The third-order valence-electron chi connectivity index (χ3n) is 7.97. The van der Waals surface area contributed by atoms with Gasteiger partial charge in [-0.15, -0.1) is 0 Å². The topological polar surface area (TPSA) is 33.2 Å². The van der Waals surface area contributed by atoms with Crippen LogP contribution >= 0.6 is 0 Å². The van der Waals surface area contributed by atoms with Gasteiger partial charge in [-0.05, 0) is 88.7 Å². The van der Waals surface area contributed by atoms with E-state index >= 15 is 0 Å². The Balaban J connectivity index is 1.21. The van der Waals surface area contributed by atoms with Gasteiger partial charge in [0.05, 0.1) is 0 Å². The van der Waals surface area contributed by atoms with E-state index in [2.05, 4.69) is 66.5 Å². The van der Waals surface area contributed by atoms with Crippen molar-refractivity contribution in [1.29, 1.82) is 0 Å². The summed E-state index contributed by atoms with van der Waals surface area (Å²) in [5.74, 6) is 1.94. The molecule has 3 nitrogen and oxygen atoms in total. The van der Waals surface area contributed by atoms with E-state index in [0.29, 0.717) is 18.4 Å². The summed E-state index contributed by atoms with van der Waals surface area (Å²) in [6.45, 7) is 2.98. The third kappa shape index (κ3) is 5.51. The maximum Gasteiger partial charge on any atom is 0.253 e. The van der Waals surface area contributed by atoms with Gasteiger partial charge in [-0.1, -0.05) is 74.4 Å². The first-order chi connectivity index (χ1) is 17.6. The molecule has 1 saturated carbocycles. The van der Waals surface area contributed by atoms with Crippen LogP contribution in [0.5, 0.6) is 0 Å². The van der Waals surface area contributed by atoms with E-state index in [1.165, 1.54) is 54.0 Å². The number of rotatable bonds is 7. The van der Waals surface area contributed by atoms with Crippen LogP contribution in [0.15, 0.2) is 91.3 Å². The van der Waals surface area contributed by atoms with Crippen LogP contribution < -0.4 is 0 Å². The predicted octanol–water partition coefficient (Wildman–Crippen LogP) is 7.97. The lowest BCUT2D eigenvalue weighted by molar-refractivity contribution is 0.0785. The Morgan fingerprint density at radius 1 is 0.944 bits per heavy atom. The van der Waals surface area contributed by atoms with Gasteiger partial charge in [0.15, 0.2) is 0 Å². The summed E-state index contributed by atoms with van der Waals surface area (Å²) in [5, 5.41) is 2.73. The molecule has 1 fully saturated rings. The molecule has 1 heterocycles. The quantitative estimate of drug-likeness (QED) is 0.271. The fraction of sp³-hybridized carbons (Fsp3) is 0.333. The average molecular weight is 477 g/mol. The van der Waals surface area contributed by atoms with E-state index in [0.717, 1.165) is 17.0 Å². The number of carbonyl (C=O) groups excluding carboxylic acids is 1. The van der Waals surface area contributed by atoms with Gasteiger partial charge < -0.3 is 4.90 Å². The molecule has 1 aliphatic carbocycles. The lowest BCUT2D eigenvalue weighted by atomic mass is 9.74. The summed E-state index contributed by atoms with van der Waals surface area (Å²) in [7, 11) is 1.86. The number of carbonyl (C=O) groups is 1. The number of pyridine rings is 1. The summed E-state index contributed by atoms with van der Waals surface area (Å²) in [4.78, 5) is 18.8. The van der Waals surface area contributed by atoms with Crippen LogP contribution in [0.25, 0.3) is 10.8 Å².